The van der Waals surface area contributed by atoms with Crippen molar-refractivity contribution in [2.45, 2.75) is 26.5 Å². The molecular formula is C14H19NO3. The molecule has 1 aromatic carbocycles. The number of phenols is 1. The fourth-order valence-electron chi connectivity index (χ4n) is 2.37. The summed E-state index contributed by atoms with van der Waals surface area (Å²) in [5, 5.41) is 20.7. The lowest BCUT2D eigenvalue weighted by atomic mass is 10.0. The van der Waals surface area contributed by atoms with Gasteiger partial charge in [-0.3, -0.25) is 0 Å². The summed E-state index contributed by atoms with van der Waals surface area (Å²) in [6, 6.07) is 3.37. The molecule has 2 aromatic rings. The number of nitrogens with zero attached hydrogens (tertiary/aromatic N) is 1. The van der Waals surface area contributed by atoms with Gasteiger partial charge in [-0.1, -0.05) is 0 Å². The summed E-state index contributed by atoms with van der Waals surface area (Å²) in [6.07, 6.45) is -0.617. The standard InChI is InChI=1S/C14H19NO3/c1-8(16)13-9(2)18-12-6-5-11(17)10(14(12)13)7-15(3)4/h5-6,8,16-17H,7H2,1-4H3. The van der Waals surface area contributed by atoms with Crippen molar-refractivity contribution < 1.29 is 14.6 Å². The Hall–Kier alpha value is -1.52. The maximum absolute atomic E-state index is 10.0. The molecule has 0 radical (unpaired) electrons. The summed E-state index contributed by atoms with van der Waals surface area (Å²) < 4.78 is 5.65. The molecule has 0 fully saturated rings. The smallest absolute Gasteiger partial charge is 0.135 e. The number of aromatic hydroxyl groups is 1. The fourth-order valence-corrected chi connectivity index (χ4v) is 2.37. The van der Waals surface area contributed by atoms with Gasteiger partial charge < -0.3 is 19.5 Å². The minimum Gasteiger partial charge on any atom is -0.508 e. The molecule has 98 valence electrons. The molecule has 0 aliphatic heterocycles. The summed E-state index contributed by atoms with van der Waals surface area (Å²) in [5.41, 5.74) is 2.26. The van der Waals surface area contributed by atoms with Crippen LogP contribution in [0.25, 0.3) is 11.0 Å². The number of fused-ring (bicyclic) bond motifs is 1. The lowest BCUT2D eigenvalue weighted by molar-refractivity contribution is 0.198. The molecular weight excluding hydrogens is 230 g/mol. The number of furan rings is 1. The number of phenolic OH excluding ortho intramolecular Hbond substituents is 1. The van der Waals surface area contributed by atoms with Crippen molar-refractivity contribution in [3.8, 4) is 5.75 Å². The van der Waals surface area contributed by atoms with Crippen molar-refractivity contribution in [3.05, 3.63) is 29.0 Å². The third kappa shape index (κ3) is 2.09. The van der Waals surface area contributed by atoms with Crippen LogP contribution in [-0.2, 0) is 6.54 Å². The highest BCUT2D eigenvalue weighted by Crippen LogP contribution is 2.37. The zero-order chi connectivity index (χ0) is 13.4. The third-order valence-corrected chi connectivity index (χ3v) is 3.05. The fraction of sp³-hybridized carbons (Fsp3) is 0.429. The van der Waals surface area contributed by atoms with E-state index in [-0.39, 0.29) is 5.75 Å². The van der Waals surface area contributed by atoms with Gasteiger partial charge in [-0.25, -0.2) is 0 Å². The highest BCUT2D eigenvalue weighted by Gasteiger charge is 2.20. The lowest BCUT2D eigenvalue weighted by Gasteiger charge is -2.14. The van der Waals surface area contributed by atoms with Crippen molar-refractivity contribution in [1.82, 2.24) is 4.90 Å². The van der Waals surface area contributed by atoms with Gasteiger partial charge in [0.1, 0.15) is 17.1 Å². The molecule has 2 N–H and O–H groups in total. The van der Waals surface area contributed by atoms with Gasteiger partial charge in [-0.05, 0) is 40.1 Å². The highest BCUT2D eigenvalue weighted by molar-refractivity contribution is 5.88. The van der Waals surface area contributed by atoms with Crippen LogP contribution >= 0.6 is 0 Å². The van der Waals surface area contributed by atoms with E-state index >= 15 is 0 Å². The lowest BCUT2D eigenvalue weighted by Crippen LogP contribution is -2.11. The van der Waals surface area contributed by atoms with Gasteiger partial charge in [-0.15, -0.1) is 0 Å². The van der Waals surface area contributed by atoms with Gasteiger partial charge in [0, 0.05) is 23.1 Å². The van der Waals surface area contributed by atoms with E-state index in [9.17, 15) is 10.2 Å². The molecule has 0 spiro atoms. The Bertz CT molecular complexity index is 570. The Morgan fingerprint density at radius 2 is 2.00 bits per heavy atom. The normalized spacial score (nSPS) is 13.4. The van der Waals surface area contributed by atoms with E-state index in [0.717, 1.165) is 16.5 Å². The molecule has 4 nitrogen and oxygen atoms in total. The second-order valence-electron chi connectivity index (χ2n) is 4.92. The molecule has 1 atom stereocenters. The quantitative estimate of drug-likeness (QED) is 0.877. The number of hydrogen-bond donors (Lipinski definition) is 2. The van der Waals surface area contributed by atoms with Crippen molar-refractivity contribution in [2.75, 3.05) is 14.1 Å². The van der Waals surface area contributed by atoms with Crippen molar-refractivity contribution in [2.24, 2.45) is 0 Å². The SMILES string of the molecule is Cc1oc2ccc(O)c(CN(C)C)c2c1C(C)O. The van der Waals surface area contributed by atoms with E-state index < -0.39 is 6.10 Å². The van der Waals surface area contributed by atoms with Crippen LogP contribution in [0.15, 0.2) is 16.5 Å². The molecule has 0 saturated carbocycles. The minimum atomic E-state index is -0.617. The largest absolute Gasteiger partial charge is 0.508 e. The first kappa shape index (κ1) is 12.9. The minimum absolute atomic E-state index is 0.235. The Morgan fingerprint density at radius 1 is 1.33 bits per heavy atom. The Kier molecular flexibility index (Phi) is 3.32. The van der Waals surface area contributed by atoms with Crippen LogP contribution in [0, 0.1) is 6.92 Å². The van der Waals surface area contributed by atoms with Gasteiger partial charge >= 0.3 is 0 Å². The van der Waals surface area contributed by atoms with Crippen LogP contribution in [0.2, 0.25) is 0 Å². The first-order chi connectivity index (χ1) is 8.41. The van der Waals surface area contributed by atoms with Crippen molar-refractivity contribution in [1.29, 1.82) is 0 Å². The number of rotatable bonds is 3. The predicted molar refractivity (Wildman–Crippen MR) is 70.6 cm³/mol. The second-order valence-corrected chi connectivity index (χ2v) is 4.92. The third-order valence-electron chi connectivity index (χ3n) is 3.05. The Labute approximate surface area is 106 Å². The van der Waals surface area contributed by atoms with Crippen molar-refractivity contribution in [3.63, 3.8) is 0 Å². The average molecular weight is 249 g/mol. The molecule has 1 heterocycles. The summed E-state index contributed by atoms with van der Waals surface area (Å²) in [5.74, 6) is 0.935. The average Bonchev–Trinajstić information content (AvgIpc) is 2.58. The zero-order valence-corrected chi connectivity index (χ0v) is 11.2. The molecule has 0 bridgehead atoms. The summed E-state index contributed by atoms with van der Waals surface area (Å²) >= 11 is 0. The molecule has 4 heteroatoms. The van der Waals surface area contributed by atoms with Crippen LogP contribution in [0.3, 0.4) is 0 Å². The Balaban J connectivity index is 2.76. The van der Waals surface area contributed by atoms with Gasteiger partial charge in [0.15, 0.2) is 0 Å². The number of aliphatic hydroxyl groups is 1. The van der Waals surface area contributed by atoms with Crippen LogP contribution < -0.4 is 0 Å². The molecule has 0 aliphatic rings. The summed E-state index contributed by atoms with van der Waals surface area (Å²) in [6.45, 7) is 4.14. The van der Waals surface area contributed by atoms with Gasteiger partial charge in [0.2, 0.25) is 0 Å². The Morgan fingerprint density at radius 3 is 2.56 bits per heavy atom. The van der Waals surface area contributed by atoms with Gasteiger partial charge in [-0.2, -0.15) is 0 Å². The van der Waals surface area contributed by atoms with E-state index in [4.69, 9.17) is 4.42 Å². The molecule has 1 aromatic heterocycles. The maximum Gasteiger partial charge on any atom is 0.135 e. The molecule has 0 saturated heterocycles. The number of hydrogen-bond acceptors (Lipinski definition) is 4. The number of benzene rings is 1. The van der Waals surface area contributed by atoms with E-state index in [1.165, 1.54) is 0 Å². The van der Waals surface area contributed by atoms with Gasteiger partial charge in [0.25, 0.3) is 0 Å². The van der Waals surface area contributed by atoms with Crippen LogP contribution in [-0.4, -0.2) is 29.2 Å². The van der Waals surface area contributed by atoms with Crippen molar-refractivity contribution >= 4 is 11.0 Å². The second kappa shape index (κ2) is 4.63. The molecule has 0 aliphatic carbocycles. The molecule has 18 heavy (non-hydrogen) atoms. The van der Waals surface area contributed by atoms with Gasteiger partial charge in [0.05, 0.1) is 6.10 Å². The predicted octanol–water partition coefficient (Wildman–Crippen LogP) is 2.56. The highest BCUT2D eigenvalue weighted by atomic mass is 16.3. The van der Waals surface area contributed by atoms with E-state index in [0.29, 0.717) is 17.9 Å². The maximum atomic E-state index is 10.0. The van der Waals surface area contributed by atoms with Crippen LogP contribution in [0.1, 0.15) is 29.9 Å². The molecule has 1 unspecified atom stereocenters. The first-order valence-electron chi connectivity index (χ1n) is 5.98. The van der Waals surface area contributed by atoms with Crippen LogP contribution in [0.4, 0.5) is 0 Å². The first-order valence-corrected chi connectivity index (χ1v) is 5.98. The number of aryl methyl sites for hydroxylation is 1. The zero-order valence-electron chi connectivity index (χ0n) is 11.2. The molecule has 2 rings (SSSR count). The van der Waals surface area contributed by atoms with E-state index in [2.05, 4.69) is 0 Å². The molecule has 0 amide bonds. The van der Waals surface area contributed by atoms with E-state index in [1.807, 2.05) is 25.9 Å². The summed E-state index contributed by atoms with van der Waals surface area (Å²) in [7, 11) is 3.88. The monoisotopic (exact) mass is 249 g/mol. The summed E-state index contributed by atoms with van der Waals surface area (Å²) in [4.78, 5) is 1.97. The van der Waals surface area contributed by atoms with Crippen LogP contribution in [0.5, 0.6) is 5.75 Å². The van der Waals surface area contributed by atoms with E-state index in [1.54, 1.807) is 19.1 Å². The topological polar surface area (TPSA) is 56.8 Å². The number of aliphatic hydroxyl groups excluding tert-OH is 1.